The minimum absolute atomic E-state index is 0.329. The van der Waals surface area contributed by atoms with Gasteiger partial charge in [0, 0.05) is 24.5 Å². The fourth-order valence-electron chi connectivity index (χ4n) is 3.40. The first-order chi connectivity index (χ1) is 16.5. The van der Waals surface area contributed by atoms with E-state index in [0.29, 0.717) is 23.7 Å². The lowest BCUT2D eigenvalue weighted by Gasteiger charge is -2.06. The van der Waals surface area contributed by atoms with Crippen LogP contribution in [-0.2, 0) is 25.7 Å². The van der Waals surface area contributed by atoms with Crippen molar-refractivity contribution in [2.45, 2.75) is 38.5 Å². The minimum atomic E-state index is -4.37. The lowest BCUT2D eigenvalue weighted by atomic mass is 10.1. The van der Waals surface area contributed by atoms with Gasteiger partial charge in [-0.1, -0.05) is 29.5 Å². The molecule has 0 atom stereocenters. The Bertz CT molecular complexity index is 1200. The van der Waals surface area contributed by atoms with Gasteiger partial charge in [0.25, 0.3) is 0 Å². The lowest BCUT2D eigenvalue weighted by molar-refractivity contribution is -0.137. The van der Waals surface area contributed by atoms with Crippen LogP contribution in [0.2, 0.25) is 0 Å². The van der Waals surface area contributed by atoms with Gasteiger partial charge in [-0.15, -0.1) is 5.10 Å². The van der Waals surface area contributed by atoms with Gasteiger partial charge < -0.3 is 9.73 Å². The number of nitrogens with one attached hydrogen (secondary N) is 1. The van der Waals surface area contributed by atoms with Crippen molar-refractivity contribution in [2.24, 2.45) is 0 Å². The molecule has 2 aromatic heterocycles. The summed E-state index contributed by atoms with van der Waals surface area (Å²) in [7, 11) is 0. The molecule has 0 aliphatic carbocycles. The summed E-state index contributed by atoms with van der Waals surface area (Å²) in [6.07, 6.45) is 6.92. The largest absolute Gasteiger partial charge is 0.445 e. The first kappa shape index (κ1) is 23.3. The fourth-order valence-corrected chi connectivity index (χ4v) is 3.40. The van der Waals surface area contributed by atoms with Gasteiger partial charge in [0.2, 0.25) is 5.89 Å². The number of unbranched alkanes of at least 4 members (excludes halogenated alkanes) is 1. The van der Waals surface area contributed by atoms with Crippen molar-refractivity contribution >= 4 is 17.8 Å². The smallest absolute Gasteiger partial charge is 0.416 e. The summed E-state index contributed by atoms with van der Waals surface area (Å²) in [5.74, 6) is 0.329. The Morgan fingerprint density at radius 2 is 1.88 bits per heavy atom. The van der Waals surface area contributed by atoms with E-state index < -0.39 is 11.7 Å². The van der Waals surface area contributed by atoms with Crippen LogP contribution in [0.4, 0.5) is 18.9 Å². The molecule has 2 heterocycles. The van der Waals surface area contributed by atoms with E-state index in [-0.39, 0.29) is 0 Å². The number of benzene rings is 2. The topological polar surface area (TPSA) is 68.8 Å². The molecule has 9 heteroatoms. The zero-order chi connectivity index (χ0) is 23.8. The Hall–Kier alpha value is -3.88. The molecule has 0 spiro atoms. The van der Waals surface area contributed by atoms with Gasteiger partial charge >= 0.3 is 6.18 Å². The highest BCUT2D eigenvalue weighted by Gasteiger charge is 2.30. The maximum absolute atomic E-state index is 12.8. The molecule has 0 bridgehead atoms. The number of aromatic nitrogens is 4. The number of rotatable bonds is 10. The Labute approximate surface area is 195 Å². The molecule has 0 unspecified atom stereocenters. The van der Waals surface area contributed by atoms with Gasteiger partial charge in [-0.05, 0) is 60.7 Å². The van der Waals surface area contributed by atoms with E-state index in [4.69, 9.17) is 4.42 Å². The Kier molecular flexibility index (Phi) is 7.41. The molecule has 2 aromatic carbocycles. The van der Waals surface area contributed by atoms with Crippen LogP contribution in [0.5, 0.6) is 0 Å². The summed E-state index contributed by atoms with van der Waals surface area (Å²) in [5.41, 5.74) is 2.67. The predicted octanol–water partition coefficient (Wildman–Crippen LogP) is 6.09. The standard InChI is InChI=1S/C25H24F3N5O/c26-25(27,28)21-6-3-5-20(16-21)9-12-24-31-23(18-34-24)17-29-22-10-7-19(8-11-22)4-1-2-14-33-15-13-30-32-33/h3,5-13,15-16,18,29H,1-2,4,14,17H2. The summed E-state index contributed by atoms with van der Waals surface area (Å²) < 4.78 is 45.7. The zero-order valence-corrected chi connectivity index (χ0v) is 18.4. The molecule has 176 valence electrons. The third-order valence-electron chi connectivity index (χ3n) is 5.20. The average molecular weight is 467 g/mol. The van der Waals surface area contributed by atoms with Gasteiger partial charge in [-0.25, -0.2) is 4.98 Å². The maximum Gasteiger partial charge on any atom is 0.416 e. The van der Waals surface area contributed by atoms with E-state index in [0.717, 1.165) is 43.6 Å². The average Bonchev–Trinajstić information content (AvgIpc) is 3.52. The SMILES string of the molecule is FC(F)(F)c1cccc(C=Cc2nc(CNc3ccc(CCCCn4ccnn4)cc3)co2)c1. The lowest BCUT2D eigenvalue weighted by Crippen LogP contribution is -2.04. The number of halogens is 3. The third kappa shape index (κ3) is 6.81. The third-order valence-corrected chi connectivity index (χ3v) is 5.20. The van der Waals surface area contributed by atoms with Gasteiger partial charge in [-0.3, -0.25) is 4.68 Å². The van der Waals surface area contributed by atoms with E-state index in [1.807, 2.05) is 23.0 Å². The zero-order valence-electron chi connectivity index (χ0n) is 18.4. The first-order valence-corrected chi connectivity index (χ1v) is 10.9. The Balaban J connectivity index is 1.23. The van der Waals surface area contributed by atoms with E-state index in [9.17, 15) is 13.2 Å². The molecule has 0 radical (unpaired) electrons. The van der Waals surface area contributed by atoms with Crippen molar-refractivity contribution in [2.75, 3.05) is 5.32 Å². The Morgan fingerprint density at radius 3 is 2.65 bits per heavy atom. The first-order valence-electron chi connectivity index (χ1n) is 10.9. The molecule has 0 saturated carbocycles. The van der Waals surface area contributed by atoms with Gasteiger partial charge in [0.05, 0.1) is 24.0 Å². The number of hydrogen-bond donors (Lipinski definition) is 1. The number of alkyl halides is 3. The molecule has 0 fully saturated rings. The molecule has 4 aromatic rings. The van der Waals surface area contributed by atoms with Crippen LogP contribution in [0.15, 0.2) is 71.6 Å². The van der Waals surface area contributed by atoms with Crippen molar-refractivity contribution in [1.82, 2.24) is 20.0 Å². The number of hydrogen-bond acceptors (Lipinski definition) is 5. The van der Waals surface area contributed by atoms with Crippen molar-refractivity contribution < 1.29 is 17.6 Å². The van der Waals surface area contributed by atoms with Crippen LogP contribution in [0.3, 0.4) is 0 Å². The molecular weight excluding hydrogens is 443 g/mol. The van der Waals surface area contributed by atoms with E-state index in [1.54, 1.807) is 24.4 Å². The van der Waals surface area contributed by atoms with Crippen LogP contribution in [0.1, 0.15) is 41.1 Å². The fraction of sp³-hybridized carbons (Fsp3) is 0.240. The number of oxazole rings is 1. The molecule has 4 rings (SSSR count). The van der Waals surface area contributed by atoms with E-state index in [2.05, 4.69) is 32.7 Å². The van der Waals surface area contributed by atoms with E-state index >= 15 is 0 Å². The van der Waals surface area contributed by atoms with Gasteiger partial charge in [0.1, 0.15) is 6.26 Å². The highest BCUT2D eigenvalue weighted by Crippen LogP contribution is 2.29. The molecule has 0 aliphatic heterocycles. The monoisotopic (exact) mass is 467 g/mol. The van der Waals surface area contributed by atoms with Crippen molar-refractivity contribution in [3.63, 3.8) is 0 Å². The van der Waals surface area contributed by atoms with Gasteiger partial charge in [-0.2, -0.15) is 13.2 Å². The van der Waals surface area contributed by atoms with E-state index in [1.165, 1.54) is 17.9 Å². The number of anilines is 1. The minimum Gasteiger partial charge on any atom is -0.445 e. The molecular formula is C25H24F3N5O. The second kappa shape index (κ2) is 10.8. The number of aryl methyl sites for hydroxylation is 2. The molecule has 6 nitrogen and oxygen atoms in total. The molecule has 34 heavy (non-hydrogen) atoms. The van der Waals surface area contributed by atoms with Crippen molar-refractivity contribution in [1.29, 1.82) is 0 Å². The van der Waals surface area contributed by atoms with Crippen molar-refractivity contribution in [3.05, 3.63) is 95.5 Å². The summed E-state index contributed by atoms with van der Waals surface area (Å²) in [6.45, 7) is 1.34. The summed E-state index contributed by atoms with van der Waals surface area (Å²) in [5, 5.41) is 11.1. The van der Waals surface area contributed by atoms with Gasteiger partial charge in [0.15, 0.2) is 0 Å². The normalized spacial score (nSPS) is 11.9. The molecule has 0 saturated heterocycles. The van der Waals surface area contributed by atoms with Crippen LogP contribution in [-0.4, -0.2) is 20.0 Å². The van der Waals surface area contributed by atoms with Crippen LogP contribution >= 0.6 is 0 Å². The Morgan fingerprint density at radius 1 is 1.03 bits per heavy atom. The summed E-state index contributed by atoms with van der Waals surface area (Å²) in [6, 6.07) is 13.4. The van der Waals surface area contributed by atoms with Crippen LogP contribution in [0.25, 0.3) is 12.2 Å². The molecule has 0 aliphatic rings. The quantitative estimate of drug-likeness (QED) is 0.286. The maximum atomic E-state index is 12.8. The summed E-state index contributed by atoms with van der Waals surface area (Å²) >= 11 is 0. The summed E-state index contributed by atoms with van der Waals surface area (Å²) in [4.78, 5) is 4.35. The predicted molar refractivity (Wildman–Crippen MR) is 124 cm³/mol. The highest BCUT2D eigenvalue weighted by molar-refractivity contribution is 5.66. The molecule has 1 N–H and O–H groups in total. The second-order valence-corrected chi connectivity index (χ2v) is 7.81. The van der Waals surface area contributed by atoms with Crippen LogP contribution < -0.4 is 5.32 Å². The van der Waals surface area contributed by atoms with Crippen molar-refractivity contribution in [3.8, 4) is 0 Å². The van der Waals surface area contributed by atoms with Crippen LogP contribution in [0, 0.1) is 0 Å². The second-order valence-electron chi connectivity index (χ2n) is 7.81. The molecule has 0 amide bonds. The number of nitrogens with zero attached hydrogens (tertiary/aromatic N) is 4. The highest BCUT2D eigenvalue weighted by atomic mass is 19.4.